The zero-order chi connectivity index (χ0) is 71.0. The zero-order valence-electron chi connectivity index (χ0n) is 58.7. The minimum Gasteiger partial charge on any atom is -0.455 e. The van der Waals surface area contributed by atoms with Gasteiger partial charge in [-0.25, -0.2) is 4.79 Å². The van der Waals surface area contributed by atoms with E-state index in [9.17, 15) is 60.0 Å². The lowest BCUT2D eigenvalue weighted by Gasteiger charge is -2.51. The molecule has 26 nitrogen and oxygen atoms in total. The van der Waals surface area contributed by atoms with E-state index in [0.717, 1.165) is 102 Å². The minimum absolute atomic E-state index is 0.0282. The number of fused-ring (bicyclic) bond motifs is 2. The van der Waals surface area contributed by atoms with E-state index in [4.69, 9.17) is 66.3 Å². The predicted octanol–water partition coefficient (Wildman–Crippen LogP) is 6.57. The highest BCUT2D eigenvalue weighted by molar-refractivity contribution is 5.87. The molecule has 6 fully saturated rings. The van der Waals surface area contributed by atoms with Crippen molar-refractivity contribution in [2.24, 2.45) is 5.92 Å². The summed E-state index contributed by atoms with van der Waals surface area (Å²) in [6.45, 7) is 12.8. The van der Waals surface area contributed by atoms with Crippen LogP contribution in [0, 0.1) is 5.92 Å². The highest BCUT2D eigenvalue weighted by Gasteiger charge is 2.59. The molecule has 27 atom stereocenters. The summed E-state index contributed by atoms with van der Waals surface area (Å²) in [7, 11) is 0. The number of hydrogen-bond donors (Lipinski definition) is 8. The first kappa shape index (κ1) is 81.4. The lowest BCUT2D eigenvalue weighted by Crippen LogP contribution is -2.68. The lowest BCUT2D eigenvalue weighted by atomic mass is 9.95. The molecule has 560 valence electrons. The van der Waals surface area contributed by atoms with Crippen molar-refractivity contribution in [2.45, 2.75) is 369 Å². The van der Waals surface area contributed by atoms with Gasteiger partial charge in [-0.3, -0.25) is 14.4 Å². The first-order chi connectivity index (χ1) is 47.1. The number of benzene rings is 1. The fourth-order valence-electron chi connectivity index (χ4n) is 13.4. The van der Waals surface area contributed by atoms with Crippen LogP contribution < -0.4 is 0 Å². The van der Waals surface area contributed by atoms with Crippen LogP contribution in [-0.2, 0) is 85.5 Å². The molecule has 0 aromatic heterocycles. The van der Waals surface area contributed by atoms with E-state index < -0.39 is 190 Å². The molecule has 1 unspecified atom stereocenters. The molecule has 0 bridgehead atoms. The molecule has 0 amide bonds. The van der Waals surface area contributed by atoms with Gasteiger partial charge in [0.25, 0.3) is 0 Å². The van der Waals surface area contributed by atoms with E-state index in [2.05, 4.69) is 13.8 Å². The standard InChI is InChI=1S/C72H116O26/c1-9-12-14-15-16-17-20-23-30-36-49(74)91-60-44(7)86-69(58(83)62(60)92-51(76)39-38-46-32-27-25-28-33-46)96-61-45(8)88-72(66(94-67(84)41(4)11-3)65(61)98-68-56(81)54(79)53(78)48(40-73)90-68)95-59-43(6)87-71-64(57(59)82)93-50(75)37-31-24-21-18-19-22-29-35-47(34-26-13-10-2)89-70-63(97-71)55(80)52(77)42(5)85-70/h25,27-28,32-33,38-39,41-45,47-48,52-66,68-73,77-83H,9-24,26,29-31,34-37,40H2,1-8H3/b39-38+/t41?,42-,43+,44+,45+,47+,48-,52+,53-,54+,55+,56-,57-,58-,59+,60+,61+,62+,63-,64-,65-,66-,68+,69+,70+,71+,72+/m1/s1. The van der Waals surface area contributed by atoms with Gasteiger partial charge in [0, 0.05) is 18.9 Å². The molecule has 98 heavy (non-hydrogen) atoms. The monoisotopic (exact) mass is 1400 g/mol. The Balaban J connectivity index is 1.21. The van der Waals surface area contributed by atoms with Crippen molar-refractivity contribution < 1.29 is 126 Å². The number of ether oxygens (including phenoxy) is 14. The minimum atomic E-state index is -2.06. The Labute approximate surface area is 577 Å². The quantitative estimate of drug-likeness (QED) is 0.0190. The van der Waals surface area contributed by atoms with Gasteiger partial charge < -0.3 is 107 Å². The van der Waals surface area contributed by atoms with Crippen LogP contribution in [0.2, 0.25) is 0 Å². The Morgan fingerprint density at radius 1 is 0.520 bits per heavy atom. The van der Waals surface area contributed by atoms with Crippen molar-refractivity contribution in [1.82, 2.24) is 0 Å². The molecular formula is C72H116O26. The van der Waals surface area contributed by atoms with E-state index in [1.165, 1.54) is 39.7 Å². The Kier molecular flexibility index (Phi) is 34.4. The summed E-state index contributed by atoms with van der Waals surface area (Å²) in [5, 5.41) is 92.3. The van der Waals surface area contributed by atoms with Crippen LogP contribution in [0.1, 0.15) is 215 Å². The Hall–Kier alpha value is -3.88. The molecule has 0 radical (unpaired) electrons. The number of rotatable bonds is 28. The van der Waals surface area contributed by atoms with Gasteiger partial charge in [-0.2, -0.15) is 0 Å². The molecule has 7 rings (SSSR count). The van der Waals surface area contributed by atoms with Crippen molar-refractivity contribution >= 4 is 30.0 Å². The molecule has 6 aliphatic rings. The highest BCUT2D eigenvalue weighted by atomic mass is 16.8. The maximum absolute atomic E-state index is 14.4. The van der Waals surface area contributed by atoms with Crippen LogP contribution in [0.5, 0.6) is 0 Å². The second-order valence-electron chi connectivity index (χ2n) is 27.5. The molecule has 0 spiro atoms. The summed E-state index contributed by atoms with van der Waals surface area (Å²) in [4.78, 5) is 55.8. The first-order valence-electron chi connectivity index (χ1n) is 36.5. The number of aliphatic hydroxyl groups is 8. The molecule has 26 heteroatoms. The van der Waals surface area contributed by atoms with Gasteiger partial charge >= 0.3 is 23.9 Å². The van der Waals surface area contributed by atoms with E-state index in [-0.39, 0.29) is 25.4 Å². The number of aliphatic hydroxyl groups excluding tert-OH is 8. The van der Waals surface area contributed by atoms with E-state index in [1.807, 2.05) is 0 Å². The van der Waals surface area contributed by atoms with Crippen molar-refractivity contribution in [3.8, 4) is 0 Å². The van der Waals surface area contributed by atoms with Crippen molar-refractivity contribution in [3.63, 3.8) is 0 Å². The average molecular weight is 1400 g/mol. The molecule has 8 N–H and O–H groups in total. The SMILES string of the molecule is CCCCCCCCCCCC(=O)O[C@@H]1[C@@H](OC(=O)/C=C/c2ccccc2)[C@@H](O)[C@H](O[C@@H]2[C@@H](O[C@@H]3O[C@H](CO)[C@@H](O)[C@H](O)[C@H]3O)[C@@H](OC(=O)C(C)CC)[C@H](O[C@@H]3[C@@H](O)[C@H]4OC(=O)CCCCCCCCC[C@H](CCCCC)O[C@@H]5O[C@H](C)[C@H](O)[C@H](O)[C@H]5O[C@@H]4O[C@H]3C)O[C@H]2C)O[C@H]1C. The maximum Gasteiger partial charge on any atom is 0.331 e. The molecule has 0 aliphatic carbocycles. The summed E-state index contributed by atoms with van der Waals surface area (Å²) in [5.41, 5.74) is 0.657. The van der Waals surface area contributed by atoms with Crippen LogP contribution in [0.15, 0.2) is 36.4 Å². The molecule has 6 heterocycles. The van der Waals surface area contributed by atoms with Gasteiger partial charge in [-0.1, -0.05) is 167 Å². The third kappa shape index (κ3) is 23.3. The summed E-state index contributed by atoms with van der Waals surface area (Å²) in [6, 6.07) is 8.88. The van der Waals surface area contributed by atoms with Gasteiger partial charge in [0.05, 0.1) is 43.0 Å². The van der Waals surface area contributed by atoms with Gasteiger partial charge in [-0.15, -0.1) is 0 Å². The smallest absolute Gasteiger partial charge is 0.331 e. The van der Waals surface area contributed by atoms with Crippen LogP contribution >= 0.6 is 0 Å². The Morgan fingerprint density at radius 2 is 1.10 bits per heavy atom. The lowest BCUT2D eigenvalue weighted by molar-refractivity contribution is -0.400. The topological polar surface area (TPSA) is 359 Å². The Morgan fingerprint density at radius 3 is 1.79 bits per heavy atom. The number of carbonyl (C=O) groups excluding carboxylic acids is 4. The van der Waals surface area contributed by atoms with Crippen molar-refractivity contribution in [1.29, 1.82) is 0 Å². The second-order valence-corrected chi connectivity index (χ2v) is 27.5. The average Bonchev–Trinajstić information content (AvgIpc) is 0.766. The maximum atomic E-state index is 14.4. The summed E-state index contributed by atoms with van der Waals surface area (Å²) in [6.07, 6.45) is -19.0. The van der Waals surface area contributed by atoms with Gasteiger partial charge in [-0.05, 0) is 71.4 Å². The number of carbonyl (C=O) groups is 4. The van der Waals surface area contributed by atoms with Crippen molar-refractivity contribution in [2.75, 3.05) is 6.61 Å². The van der Waals surface area contributed by atoms with E-state index in [0.29, 0.717) is 31.2 Å². The molecule has 6 aliphatic heterocycles. The number of hydrogen-bond acceptors (Lipinski definition) is 26. The van der Waals surface area contributed by atoms with Crippen LogP contribution in [0.25, 0.3) is 6.08 Å². The van der Waals surface area contributed by atoms with Gasteiger partial charge in [0.1, 0.15) is 73.2 Å². The largest absolute Gasteiger partial charge is 0.455 e. The molecule has 1 aromatic carbocycles. The highest BCUT2D eigenvalue weighted by Crippen LogP contribution is 2.40. The summed E-state index contributed by atoms with van der Waals surface area (Å²) >= 11 is 0. The summed E-state index contributed by atoms with van der Waals surface area (Å²) in [5.74, 6) is -3.93. The normalized spacial score (nSPS) is 38.3. The summed E-state index contributed by atoms with van der Waals surface area (Å²) < 4.78 is 89.2. The molecular weight excluding hydrogens is 1280 g/mol. The van der Waals surface area contributed by atoms with Gasteiger partial charge in [0.15, 0.2) is 55.9 Å². The number of unbranched alkanes of at least 4 members (excludes halogenated alkanes) is 10. The zero-order valence-corrected chi connectivity index (χ0v) is 58.7. The van der Waals surface area contributed by atoms with Crippen LogP contribution in [-0.4, -0.2) is 231 Å². The third-order valence-electron chi connectivity index (χ3n) is 19.6. The second kappa shape index (κ2) is 41.4. The van der Waals surface area contributed by atoms with Crippen molar-refractivity contribution in [3.05, 3.63) is 42.0 Å². The van der Waals surface area contributed by atoms with Crippen LogP contribution in [0.4, 0.5) is 0 Å². The molecule has 1 aromatic rings. The van der Waals surface area contributed by atoms with E-state index in [1.54, 1.807) is 51.1 Å². The van der Waals surface area contributed by atoms with Gasteiger partial charge in [0.2, 0.25) is 0 Å². The molecule has 0 saturated carbocycles. The third-order valence-corrected chi connectivity index (χ3v) is 19.6. The fraction of sp³-hybridized carbons (Fsp3) is 0.833. The number of esters is 4. The fourth-order valence-corrected chi connectivity index (χ4v) is 13.4. The Bertz CT molecular complexity index is 2510. The van der Waals surface area contributed by atoms with E-state index >= 15 is 0 Å². The first-order valence-corrected chi connectivity index (χ1v) is 36.5. The molecule has 6 saturated heterocycles. The van der Waals surface area contributed by atoms with Crippen LogP contribution in [0.3, 0.4) is 0 Å². The predicted molar refractivity (Wildman–Crippen MR) is 351 cm³/mol.